The minimum absolute atomic E-state index is 0.208. The fourth-order valence-electron chi connectivity index (χ4n) is 2.21. The number of benzene rings is 1. The normalized spacial score (nSPS) is 19.1. The lowest BCUT2D eigenvalue weighted by Crippen LogP contribution is -2.36. The predicted molar refractivity (Wildman–Crippen MR) is 70.4 cm³/mol. The van der Waals surface area contributed by atoms with Gasteiger partial charge in [0, 0.05) is 12.6 Å². The number of hydrogen-bond donors (Lipinski definition) is 1. The molecule has 1 aliphatic rings. The van der Waals surface area contributed by atoms with Crippen molar-refractivity contribution in [3.63, 3.8) is 0 Å². The molecule has 6 heteroatoms. The molecule has 3 rings (SSSR count). The average Bonchev–Trinajstić information content (AvgIpc) is 2.95. The van der Waals surface area contributed by atoms with Crippen molar-refractivity contribution in [2.45, 2.75) is 25.4 Å². The van der Waals surface area contributed by atoms with Gasteiger partial charge in [-0.2, -0.15) is 4.98 Å². The van der Waals surface area contributed by atoms with Gasteiger partial charge in [0.25, 0.3) is 5.89 Å². The van der Waals surface area contributed by atoms with Crippen molar-refractivity contribution < 1.29 is 13.7 Å². The van der Waals surface area contributed by atoms with Crippen LogP contribution in [0, 0.1) is 5.82 Å². The van der Waals surface area contributed by atoms with E-state index in [-0.39, 0.29) is 11.7 Å². The summed E-state index contributed by atoms with van der Waals surface area (Å²) >= 11 is 0. The molecular formula is C14H16FN3O2. The molecule has 1 atom stereocenters. The van der Waals surface area contributed by atoms with Crippen LogP contribution in [0.5, 0.6) is 0 Å². The number of halogens is 1. The van der Waals surface area contributed by atoms with E-state index in [9.17, 15) is 4.39 Å². The zero-order valence-electron chi connectivity index (χ0n) is 11.0. The molecule has 0 radical (unpaired) electrons. The van der Waals surface area contributed by atoms with Crippen molar-refractivity contribution in [3.05, 3.63) is 35.9 Å². The topological polar surface area (TPSA) is 60.2 Å². The molecule has 0 aliphatic carbocycles. The fraction of sp³-hybridized carbons (Fsp3) is 0.429. The van der Waals surface area contributed by atoms with Gasteiger partial charge in [-0.25, -0.2) is 4.39 Å². The number of nitrogens with one attached hydrogen (secondary N) is 1. The maximum Gasteiger partial charge on any atom is 0.260 e. The lowest BCUT2D eigenvalue weighted by Gasteiger charge is -2.22. The van der Waals surface area contributed by atoms with E-state index in [0.29, 0.717) is 30.6 Å². The van der Waals surface area contributed by atoms with E-state index in [1.165, 1.54) is 6.07 Å². The van der Waals surface area contributed by atoms with Crippen molar-refractivity contribution >= 4 is 0 Å². The Hall–Kier alpha value is -1.79. The average molecular weight is 277 g/mol. The fourth-order valence-corrected chi connectivity index (χ4v) is 2.21. The van der Waals surface area contributed by atoms with Crippen molar-refractivity contribution in [2.24, 2.45) is 0 Å². The molecule has 1 saturated heterocycles. The Kier molecular flexibility index (Phi) is 4.03. The van der Waals surface area contributed by atoms with E-state index in [2.05, 4.69) is 15.5 Å². The molecule has 2 heterocycles. The highest BCUT2D eigenvalue weighted by Gasteiger charge is 2.16. The van der Waals surface area contributed by atoms with E-state index >= 15 is 0 Å². The van der Waals surface area contributed by atoms with Gasteiger partial charge in [0.15, 0.2) is 5.82 Å². The lowest BCUT2D eigenvalue weighted by atomic mass is 10.1. The number of ether oxygens (including phenoxy) is 1. The smallest absolute Gasteiger partial charge is 0.260 e. The maximum absolute atomic E-state index is 13.6. The molecule has 20 heavy (non-hydrogen) atoms. The molecule has 5 nitrogen and oxygen atoms in total. The molecule has 1 aromatic heterocycles. The van der Waals surface area contributed by atoms with Gasteiger partial charge in [-0.15, -0.1) is 0 Å². The Morgan fingerprint density at radius 1 is 1.35 bits per heavy atom. The zero-order chi connectivity index (χ0) is 13.8. The van der Waals surface area contributed by atoms with Crippen molar-refractivity contribution in [1.82, 2.24) is 15.5 Å². The molecular weight excluding hydrogens is 261 g/mol. The molecule has 1 N–H and O–H groups in total. The van der Waals surface area contributed by atoms with Gasteiger partial charge in [0.05, 0.1) is 18.7 Å². The largest absolute Gasteiger partial charge is 0.380 e. The summed E-state index contributed by atoms with van der Waals surface area (Å²) in [5, 5.41) is 7.18. The van der Waals surface area contributed by atoms with Crippen molar-refractivity contribution in [3.8, 4) is 11.5 Å². The van der Waals surface area contributed by atoms with Crippen LogP contribution in [0.3, 0.4) is 0 Å². The summed E-state index contributed by atoms with van der Waals surface area (Å²) < 4.78 is 24.1. The summed E-state index contributed by atoms with van der Waals surface area (Å²) in [5.41, 5.74) is 0.326. The second-order valence-corrected chi connectivity index (χ2v) is 4.79. The van der Waals surface area contributed by atoms with E-state index < -0.39 is 0 Å². The molecule has 0 spiro atoms. The van der Waals surface area contributed by atoms with E-state index in [0.717, 1.165) is 19.4 Å². The summed E-state index contributed by atoms with van der Waals surface area (Å²) in [6.07, 6.45) is 2.14. The van der Waals surface area contributed by atoms with Gasteiger partial charge in [-0.3, -0.25) is 0 Å². The van der Waals surface area contributed by atoms with Gasteiger partial charge in [-0.1, -0.05) is 17.3 Å². The molecule has 1 aliphatic heterocycles. The van der Waals surface area contributed by atoms with E-state index in [1.807, 2.05) is 0 Å². The first-order valence-electron chi connectivity index (χ1n) is 6.71. The van der Waals surface area contributed by atoms with Gasteiger partial charge >= 0.3 is 0 Å². The molecule has 2 aromatic rings. The number of aromatic nitrogens is 2. The van der Waals surface area contributed by atoms with Gasteiger partial charge in [-0.05, 0) is 25.0 Å². The van der Waals surface area contributed by atoms with Crippen molar-refractivity contribution in [2.75, 3.05) is 13.2 Å². The summed E-state index contributed by atoms with van der Waals surface area (Å²) in [4.78, 5) is 4.20. The van der Waals surface area contributed by atoms with Crippen LogP contribution in [0.4, 0.5) is 4.39 Å². The molecule has 106 valence electrons. The van der Waals surface area contributed by atoms with Gasteiger partial charge < -0.3 is 14.6 Å². The highest BCUT2D eigenvalue weighted by Crippen LogP contribution is 2.20. The minimum Gasteiger partial charge on any atom is -0.380 e. The highest BCUT2D eigenvalue weighted by atomic mass is 19.1. The van der Waals surface area contributed by atoms with Crippen LogP contribution in [0.15, 0.2) is 28.8 Å². The van der Waals surface area contributed by atoms with Gasteiger partial charge in [0.2, 0.25) is 0 Å². The molecule has 1 unspecified atom stereocenters. The Bertz CT molecular complexity index is 567. The number of nitrogens with zero attached hydrogens (tertiary/aromatic N) is 2. The van der Waals surface area contributed by atoms with Gasteiger partial charge in [0.1, 0.15) is 5.82 Å². The van der Waals surface area contributed by atoms with Crippen molar-refractivity contribution in [1.29, 1.82) is 0 Å². The quantitative estimate of drug-likeness (QED) is 0.927. The molecule has 1 aromatic carbocycles. The summed E-state index contributed by atoms with van der Waals surface area (Å²) in [6, 6.07) is 6.67. The summed E-state index contributed by atoms with van der Waals surface area (Å²) in [6.45, 7) is 2.03. The standard InChI is InChI=1S/C14H16FN3O2/c15-12-6-2-1-5-11(12)14-17-13(18-20-14)8-16-10-4-3-7-19-9-10/h1-2,5-6,10,16H,3-4,7-9H2. The third-order valence-corrected chi connectivity index (χ3v) is 3.28. The number of rotatable bonds is 4. The lowest BCUT2D eigenvalue weighted by molar-refractivity contribution is 0.0696. The van der Waals surface area contributed by atoms with Crippen LogP contribution < -0.4 is 5.32 Å². The number of hydrogen-bond acceptors (Lipinski definition) is 5. The molecule has 0 amide bonds. The molecule has 1 fully saturated rings. The first-order chi connectivity index (χ1) is 9.83. The third-order valence-electron chi connectivity index (χ3n) is 3.28. The molecule has 0 bridgehead atoms. The van der Waals surface area contributed by atoms with Crippen LogP contribution >= 0.6 is 0 Å². The van der Waals surface area contributed by atoms with Crippen LogP contribution in [-0.2, 0) is 11.3 Å². The van der Waals surface area contributed by atoms with Crippen LogP contribution in [0.2, 0.25) is 0 Å². The van der Waals surface area contributed by atoms with E-state index in [4.69, 9.17) is 9.26 Å². The van der Waals surface area contributed by atoms with Crippen LogP contribution in [0.25, 0.3) is 11.5 Å². The summed E-state index contributed by atoms with van der Waals surface area (Å²) in [7, 11) is 0. The predicted octanol–water partition coefficient (Wildman–Crippen LogP) is 2.14. The van der Waals surface area contributed by atoms with Crippen LogP contribution in [0.1, 0.15) is 18.7 Å². The molecule has 0 saturated carbocycles. The Balaban J connectivity index is 1.63. The first kappa shape index (κ1) is 13.2. The Labute approximate surface area is 116 Å². The first-order valence-corrected chi connectivity index (χ1v) is 6.71. The summed E-state index contributed by atoms with van der Waals surface area (Å²) in [5.74, 6) is 0.366. The maximum atomic E-state index is 13.6. The Morgan fingerprint density at radius 3 is 3.05 bits per heavy atom. The van der Waals surface area contributed by atoms with E-state index in [1.54, 1.807) is 18.2 Å². The highest BCUT2D eigenvalue weighted by molar-refractivity contribution is 5.53. The second-order valence-electron chi connectivity index (χ2n) is 4.79. The monoisotopic (exact) mass is 277 g/mol. The minimum atomic E-state index is -0.365. The third kappa shape index (κ3) is 3.02. The SMILES string of the molecule is Fc1ccccc1-c1nc(CNC2CCCOC2)no1. The van der Waals surface area contributed by atoms with Crippen LogP contribution in [-0.4, -0.2) is 29.4 Å². The second kappa shape index (κ2) is 6.11. The zero-order valence-corrected chi connectivity index (χ0v) is 11.0. The Morgan fingerprint density at radius 2 is 2.25 bits per heavy atom.